The smallest absolute Gasteiger partial charge is 0.135 e. The summed E-state index contributed by atoms with van der Waals surface area (Å²) in [5, 5.41) is 10.5. The predicted octanol–water partition coefficient (Wildman–Crippen LogP) is 3.85. The molecule has 2 rings (SSSR count). The molecule has 0 spiro atoms. The molecule has 0 aromatic heterocycles. The van der Waals surface area contributed by atoms with Gasteiger partial charge in [-0.3, -0.25) is 0 Å². The molecule has 106 valence electrons. The predicted molar refractivity (Wildman–Crippen MR) is 68.4 cm³/mol. The minimum atomic E-state index is -1.64. The minimum absolute atomic E-state index is 0.126. The van der Waals surface area contributed by atoms with Crippen molar-refractivity contribution in [2.45, 2.75) is 6.10 Å². The van der Waals surface area contributed by atoms with Gasteiger partial charge in [-0.05, 0) is 12.1 Å². The van der Waals surface area contributed by atoms with Crippen molar-refractivity contribution in [2.75, 3.05) is 7.11 Å². The Hall–Kier alpha value is -1.72. The molecule has 0 saturated heterocycles. The molecule has 0 amide bonds. The van der Waals surface area contributed by atoms with Gasteiger partial charge in [-0.2, -0.15) is 0 Å². The second kappa shape index (κ2) is 5.73. The van der Waals surface area contributed by atoms with Crippen molar-refractivity contribution in [3.05, 3.63) is 63.9 Å². The molecular formula is C14H10ClF3O2. The summed E-state index contributed by atoms with van der Waals surface area (Å²) in [4.78, 5) is 0. The third-order valence-electron chi connectivity index (χ3n) is 2.81. The SMILES string of the molecule is COc1cc(Cl)ccc1C(O)c1c(F)cc(F)cc1F. The summed E-state index contributed by atoms with van der Waals surface area (Å²) >= 11 is 5.77. The fourth-order valence-corrected chi connectivity index (χ4v) is 2.04. The van der Waals surface area contributed by atoms with Crippen LogP contribution in [-0.4, -0.2) is 12.2 Å². The number of hydrogen-bond donors (Lipinski definition) is 1. The average Bonchev–Trinajstić information content (AvgIpc) is 2.37. The first kappa shape index (κ1) is 14.7. The van der Waals surface area contributed by atoms with Gasteiger partial charge in [0.2, 0.25) is 0 Å². The molecule has 2 aromatic rings. The van der Waals surface area contributed by atoms with Gasteiger partial charge in [0.15, 0.2) is 0 Å². The first-order chi connectivity index (χ1) is 9.43. The molecule has 0 aliphatic rings. The van der Waals surface area contributed by atoms with Crippen LogP contribution >= 0.6 is 11.6 Å². The van der Waals surface area contributed by atoms with Crippen LogP contribution < -0.4 is 4.74 Å². The molecule has 20 heavy (non-hydrogen) atoms. The fraction of sp³-hybridized carbons (Fsp3) is 0.143. The van der Waals surface area contributed by atoms with Crippen molar-refractivity contribution in [1.82, 2.24) is 0 Å². The molecule has 0 aliphatic heterocycles. The molecule has 6 heteroatoms. The maximum Gasteiger partial charge on any atom is 0.135 e. The molecule has 0 bridgehead atoms. The quantitative estimate of drug-likeness (QED) is 0.933. The van der Waals surface area contributed by atoms with Crippen molar-refractivity contribution in [1.29, 1.82) is 0 Å². The summed E-state index contributed by atoms with van der Waals surface area (Å²) in [6, 6.07) is 5.24. The van der Waals surface area contributed by atoms with E-state index >= 15 is 0 Å². The van der Waals surface area contributed by atoms with E-state index in [1.807, 2.05) is 0 Å². The van der Waals surface area contributed by atoms with Crippen LogP contribution in [0, 0.1) is 17.5 Å². The number of hydrogen-bond acceptors (Lipinski definition) is 2. The maximum atomic E-state index is 13.7. The third kappa shape index (κ3) is 2.73. The molecule has 0 fully saturated rings. The van der Waals surface area contributed by atoms with Crippen LogP contribution in [0.2, 0.25) is 5.02 Å². The Balaban J connectivity index is 2.54. The largest absolute Gasteiger partial charge is 0.496 e. The number of halogens is 4. The molecule has 1 N–H and O–H groups in total. The number of benzene rings is 2. The lowest BCUT2D eigenvalue weighted by molar-refractivity contribution is 0.203. The van der Waals surface area contributed by atoms with Crippen molar-refractivity contribution in [3.63, 3.8) is 0 Å². The van der Waals surface area contributed by atoms with Crippen molar-refractivity contribution in [3.8, 4) is 5.75 Å². The van der Waals surface area contributed by atoms with E-state index in [2.05, 4.69) is 0 Å². The molecule has 2 nitrogen and oxygen atoms in total. The van der Waals surface area contributed by atoms with E-state index in [4.69, 9.17) is 16.3 Å². The fourth-order valence-electron chi connectivity index (χ4n) is 1.88. The lowest BCUT2D eigenvalue weighted by atomic mass is 9.99. The Bertz CT molecular complexity index is 623. The monoisotopic (exact) mass is 302 g/mol. The van der Waals surface area contributed by atoms with Crippen LogP contribution in [-0.2, 0) is 0 Å². The average molecular weight is 303 g/mol. The summed E-state index contributed by atoms with van der Waals surface area (Å²) < 4.78 is 45.2. The van der Waals surface area contributed by atoms with E-state index < -0.39 is 29.1 Å². The molecular weight excluding hydrogens is 293 g/mol. The van der Waals surface area contributed by atoms with E-state index in [0.717, 1.165) is 0 Å². The Morgan fingerprint density at radius 1 is 1.10 bits per heavy atom. The van der Waals surface area contributed by atoms with E-state index in [1.54, 1.807) is 0 Å². The van der Waals surface area contributed by atoms with E-state index in [1.165, 1.54) is 25.3 Å². The number of rotatable bonds is 3. The first-order valence-corrected chi connectivity index (χ1v) is 5.97. The van der Waals surface area contributed by atoms with Crippen LogP contribution in [0.25, 0.3) is 0 Å². The second-order valence-corrected chi connectivity index (χ2v) is 4.51. The summed E-state index contributed by atoms with van der Waals surface area (Å²) in [7, 11) is 1.33. The number of methoxy groups -OCH3 is 1. The van der Waals surface area contributed by atoms with Crippen LogP contribution in [0.1, 0.15) is 17.2 Å². The highest BCUT2D eigenvalue weighted by Gasteiger charge is 2.23. The zero-order valence-corrected chi connectivity index (χ0v) is 11.1. The Morgan fingerprint density at radius 3 is 2.25 bits per heavy atom. The van der Waals surface area contributed by atoms with Gasteiger partial charge in [0, 0.05) is 22.7 Å². The molecule has 1 unspecified atom stereocenters. The number of aliphatic hydroxyl groups is 1. The van der Waals surface area contributed by atoms with Crippen LogP contribution in [0.3, 0.4) is 0 Å². The number of aliphatic hydroxyl groups excluding tert-OH is 1. The normalized spacial score (nSPS) is 12.3. The first-order valence-electron chi connectivity index (χ1n) is 5.60. The van der Waals surface area contributed by atoms with Gasteiger partial charge >= 0.3 is 0 Å². The summed E-state index contributed by atoms with van der Waals surface area (Å²) in [5.41, 5.74) is -0.520. The topological polar surface area (TPSA) is 29.5 Å². The molecule has 0 saturated carbocycles. The highest BCUT2D eigenvalue weighted by atomic mass is 35.5. The zero-order valence-electron chi connectivity index (χ0n) is 10.3. The van der Waals surface area contributed by atoms with Gasteiger partial charge in [-0.25, -0.2) is 13.2 Å². The van der Waals surface area contributed by atoms with Crippen molar-refractivity contribution >= 4 is 11.6 Å². The second-order valence-electron chi connectivity index (χ2n) is 4.07. The molecule has 2 aromatic carbocycles. The van der Waals surface area contributed by atoms with Gasteiger partial charge in [0.1, 0.15) is 29.3 Å². The lowest BCUT2D eigenvalue weighted by Crippen LogP contribution is -2.08. The third-order valence-corrected chi connectivity index (χ3v) is 3.04. The summed E-state index contributed by atoms with van der Waals surface area (Å²) in [6.07, 6.45) is -1.64. The maximum absolute atomic E-state index is 13.7. The molecule has 1 atom stereocenters. The van der Waals surface area contributed by atoms with Gasteiger partial charge in [0.25, 0.3) is 0 Å². The van der Waals surface area contributed by atoms with Gasteiger partial charge < -0.3 is 9.84 Å². The van der Waals surface area contributed by atoms with E-state index in [0.29, 0.717) is 17.2 Å². The highest BCUT2D eigenvalue weighted by molar-refractivity contribution is 6.30. The van der Waals surface area contributed by atoms with Gasteiger partial charge in [-0.1, -0.05) is 17.7 Å². The van der Waals surface area contributed by atoms with Crippen molar-refractivity contribution in [2.24, 2.45) is 0 Å². The Labute approximate surface area is 118 Å². The van der Waals surface area contributed by atoms with E-state index in [-0.39, 0.29) is 11.3 Å². The van der Waals surface area contributed by atoms with Gasteiger partial charge in [0.05, 0.1) is 12.7 Å². The molecule has 0 heterocycles. The standard InChI is InChI=1S/C14H10ClF3O2/c1-20-12-4-7(15)2-3-9(12)14(19)13-10(17)5-8(16)6-11(13)18/h2-6,14,19H,1H3. The summed E-state index contributed by atoms with van der Waals surface area (Å²) in [5.74, 6) is -3.23. The minimum Gasteiger partial charge on any atom is -0.496 e. The van der Waals surface area contributed by atoms with Crippen LogP contribution in [0.5, 0.6) is 5.75 Å². The van der Waals surface area contributed by atoms with Gasteiger partial charge in [-0.15, -0.1) is 0 Å². The Kier molecular flexibility index (Phi) is 4.20. The van der Waals surface area contributed by atoms with E-state index in [9.17, 15) is 18.3 Å². The number of ether oxygens (including phenoxy) is 1. The van der Waals surface area contributed by atoms with Crippen LogP contribution in [0.15, 0.2) is 30.3 Å². The van der Waals surface area contributed by atoms with Crippen molar-refractivity contribution < 1.29 is 23.0 Å². The Morgan fingerprint density at radius 2 is 1.70 bits per heavy atom. The molecule has 0 aliphatic carbocycles. The van der Waals surface area contributed by atoms with Crippen LogP contribution in [0.4, 0.5) is 13.2 Å². The summed E-state index contributed by atoms with van der Waals surface area (Å²) in [6.45, 7) is 0. The highest BCUT2D eigenvalue weighted by Crippen LogP contribution is 2.34. The lowest BCUT2D eigenvalue weighted by Gasteiger charge is -2.16. The molecule has 0 radical (unpaired) electrons. The zero-order chi connectivity index (χ0) is 14.9.